The molecule has 1 atom stereocenters. The predicted octanol–water partition coefficient (Wildman–Crippen LogP) is 2.37. The normalized spacial score (nSPS) is 20.3. The molecule has 0 aromatic carbocycles. The molecular formula is C12H15F3N2O. The quantitative estimate of drug-likeness (QED) is 0.902. The molecule has 3 nitrogen and oxygen atoms in total. The number of rotatable bonds is 4. The SMILES string of the molecule is FC(F)(F)c1ccc(CNCC2CCCO2)nc1. The fourth-order valence-electron chi connectivity index (χ4n) is 1.86. The van der Waals surface area contributed by atoms with Crippen LogP contribution >= 0.6 is 0 Å². The highest BCUT2D eigenvalue weighted by Crippen LogP contribution is 2.28. The van der Waals surface area contributed by atoms with Crippen molar-refractivity contribution in [2.75, 3.05) is 13.2 Å². The molecule has 100 valence electrons. The summed E-state index contributed by atoms with van der Waals surface area (Å²) in [6.45, 7) is 1.96. The molecule has 0 radical (unpaired) electrons. The van der Waals surface area contributed by atoms with Gasteiger partial charge in [-0.1, -0.05) is 0 Å². The lowest BCUT2D eigenvalue weighted by molar-refractivity contribution is -0.137. The zero-order valence-corrected chi connectivity index (χ0v) is 9.83. The molecule has 1 aromatic rings. The molecule has 2 rings (SSSR count). The molecule has 1 aliphatic heterocycles. The summed E-state index contributed by atoms with van der Waals surface area (Å²) < 4.78 is 42.3. The molecule has 18 heavy (non-hydrogen) atoms. The van der Waals surface area contributed by atoms with E-state index in [9.17, 15) is 13.2 Å². The fourth-order valence-corrected chi connectivity index (χ4v) is 1.86. The van der Waals surface area contributed by atoms with Gasteiger partial charge in [-0.05, 0) is 25.0 Å². The number of hydrogen-bond acceptors (Lipinski definition) is 3. The maximum absolute atomic E-state index is 12.3. The summed E-state index contributed by atoms with van der Waals surface area (Å²) in [5, 5.41) is 3.13. The van der Waals surface area contributed by atoms with Crippen molar-refractivity contribution in [3.05, 3.63) is 29.6 Å². The largest absolute Gasteiger partial charge is 0.417 e. The summed E-state index contributed by atoms with van der Waals surface area (Å²) in [6, 6.07) is 2.45. The van der Waals surface area contributed by atoms with Crippen molar-refractivity contribution in [1.82, 2.24) is 10.3 Å². The fraction of sp³-hybridized carbons (Fsp3) is 0.583. The van der Waals surface area contributed by atoms with E-state index in [4.69, 9.17) is 4.74 Å². The summed E-state index contributed by atoms with van der Waals surface area (Å²) in [5.74, 6) is 0. The van der Waals surface area contributed by atoms with Gasteiger partial charge in [0.1, 0.15) is 0 Å². The van der Waals surface area contributed by atoms with Crippen molar-refractivity contribution >= 4 is 0 Å². The van der Waals surface area contributed by atoms with Crippen LogP contribution in [-0.2, 0) is 17.5 Å². The zero-order valence-electron chi connectivity index (χ0n) is 9.83. The lowest BCUT2D eigenvalue weighted by Crippen LogP contribution is -2.26. The summed E-state index contributed by atoms with van der Waals surface area (Å²) in [4.78, 5) is 3.79. The molecule has 1 aromatic heterocycles. The van der Waals surface area contributed by atoms with Gasteiger partial charge in [0, 0.05) is 25.9 Å². The Labute approximate surface area is 103 Å². The number of pyridine rings is 1. The molecule has 1 unspecified atom stereocenters. The van der Waals surface area contributed by atoms with Crippen molar-refractivity contribution in [1.29, 1.82) is 0 Å². The molecule has 0 spiro atoms. The molecule has 0 amide bonds. The predicted molar refractivity (Wildman–Crippen MR) is 59.9 cm³/mol. The van der Waals surface area contributed by atoms with Gasteiger partial charge in [0.2, 0.25) is 0 Å². The topological polar surface area (TPSA) is 34.1 Å². The van der Waals surface area contributed by atoms with E-state index in [2.05, 4.69) is 10.3 Å². The van der Waals surface area contributed by atoms with Crippen LogP contribution in [0.1, 0.15) is 24.1 Å². The molecule has 1 fully saturated rings. The third kappa shape index (κ3) is 3.68. The van der Waals surface area contributed by atoms with E-state index in [0.717, 1.165) is 31.7 Å². The Morgan fingerprint density at radius 2 is 2.22 bits per heavy atom. The van der Waals surface area contributed by atoms with Gasteiger partial charge < -0.3 is 10.1 Å². The van der Waals surface area contributed by atoms with E-state index >= 15 is 0 Å². The minimum absolute atomic E-state index is 0.222. The molecule has 0 saturated carbocycles. The Morgan fingerprint density at radius 1 is 1.39 bits per heavy atom. The highest BCUT2D eigenvalue weighted by Gasteiger charge is 2.30. The van der Waals surface area contributed by atoms with Gasteiger partial charge in [-0.25, -0.2) is 0 Å². The van der Waals surface area contributed by atoms with Gasteiger partial charge in [-0.15, -0.1) is 0 Å². The van der Waals surface area contributed by atoms with E-state index in [0.29, 0.717) is 18.8 Å². The van der Waals surface area contributed by atoms with Gasteiger partial charge in [-0.3, -0.25) is 4.98 Å². The average Bonchev–Trinajstić information content (AvgIpc) is 2.82. The van der Waals surface area contributed by atoms with E-state index < -0.39 is 11.7 Å². The molecular weight excluding hydrogens is 245 g/mol. The van der Waals surface area contributed by atoms with Crippen LogP contribution in [0.5, 0.6) is 0 Å². The number of nitrogens with one attached hydrogen (secondary N) is 1. The highest BCUT2D eigenvalue weighted by molar-refractivity contribution is 5.16. The molecule has 1 aliphatic rings. The second-order valence-electron chi connectivity index (χ2n) is 4.30. The first-order valence-corrected chi connectivity index (χ1v) is 5.90. The maximum atomic E-state index is 12.3. The van der Waals surface area contributed by atoms with Crippen LogP contribution in [0.3, 0.4) is 0 Å². The number of hydrogen-bond donors (Lipinski definition) is 1. The average molecular weight is 260 g/mol. The van der Waals surface area contributed by atoms with E-state index in [-0.39, 0.29) is 6.10 Å². The van der Waals surface area contributed by atoms with E-state index in [1.54, 1.807) is 0 Å². The van der Waals surface area contributed by atoms with Crippen molar-refractivity contribution in [2.45, 2.75) is 31.7 Å². The van der Waals surface area contributed by atoms with Gasteiger partial charge in [0.25, 0.3) is 0 Å². The smallest absolute Gasteiger partial charge is 0.377 e. The number of nitrogens with zero attached hydrogens (tertiary/aromatic N) is 1. The minimum Gasteiger partial charge on any atom is -0.377 e. The zero-order chi connectivity index (χ0) is 13.0. The second-order valence-corrected chi connectivity index (χ2v) is 4.30. The number of ether oxygens (including phenoxy) is 1. The molecule has 1 saturated heterocycles. The van der Waals surface area contributed by atoms with Crippen LogP contribution in [0.15, 0.2) is 18.3 Å². The monoisotopic (exact) mass is 260 g/mol. The molecule has 6 heteroatoms. The highest BCUT2D eigenvalue weighted by atomic mass is 19.4. The van der Waals surface area contributed by atoms with Crippen molar-refractivity contribution < 1.29 is 17.9 Å². The Morgan fingerprint density at radius 3 is 2.78 bits per heavy atom. The molecule has 2 heterocycles. The third-order valence-electron chi connectivity index (χ3n) is 2.85. The number of halogens is 3. The Hall–Kier alpha value is -1.14. The Kier molecular flexibility index (Phi) is 4.19. The van der Waals surface area contributed by atoms with E-state index in [1.807, 2.05) is 0 Å². The molecule has 1 N–H and O–H groups in total. The van der Waals surface area contributed by atoms with Crippen LogP contribution in [0.25, 0.3) is 0 Å². The Bertz CT molecular complexity index is 372. The van der Waals surface area contributed by atoms with Crippen LogP contribution < -0.4 is 5.32 Å². The Balaban J connectivity index is 1.79. The van der Waals surface area contributed by atoms with Crippen molar-refractivity contribution in [3.8, 4) is 0 Å². The first-order valence-electron chi connectivity index (χ1n) is 5.90. The summed E-state index contributed by atoms with van der Waals surface area (Å²) in [7, 11) is 0. The second kappa shape index (κ2) is 5.67. The number of aromatic nitrogens is 1. The van der Waals surface area contributed by atoms with Crippen molar-refractivity contribution in [2.24, 2.45) is 0 Å². The van der Waals surface area contributed by atoms with Gasteiger partial charge >= 0.3 is 6.18 Å². The van der Waals surface area contributed by atoms with Crippen LogP contribution in [0.4, 0.5) is 13.2 Å². The van der Waals surface area contributed by atoms with Crippen LogP contribution in [0.2, 0.25) is 0 Å². The summed E-state index contributed by atoms with van der Waals surface area (Å²) >= 11 is 0. The van der Waals surface area contributed by atoms with Crippen LogP contribution in [0, 0.1) is 0 Å². The molecule has 0 bridgehead atoms. The van der Waals surface area contributed by atoms with Gasteiger partial charge in [-0.2, -0.15) is 13.2 Å². The maximum Gasteiger partial charge on any atom is 0.417 e. The third-order valence-corrected chi connectivity index (χ3v) is 2.85. The first kappa shape index (κ1) is 13.3. The first-order chi connectivity index (χ1) is 8.55. The van der Waals surface area contributed by atoms with Gasteiger partial charge in [0.15, 0.2) is 0 Å². The summed E-state index contributed by atoms with van der Waals surface area (Å²) in [5.41, 5.74) is -0.119. The standard InChI is InChI=1S/C12H15F3N2O/c13-12(14,15)9-3-4-10(17-6-9)7-16-8-11-2-1-5-18-11/h3-4,6,11,16H,1-2,5,7-8H2. The van der Waals surface area contributed by atoms with E-state index in [1.165, 1.54) is 6.07 Å². The van der Waals surface area contributed by atoms with Gasteiger partial charge in [0.05, 0.1) is 17.4 Å². The lowest BCUT2D eigenvalue weighted by Gasteiger charge is -2.11. The van der Waals surface area contributed by atoms with Crippen molar-refractivity contribution in [3.63, 3.8) is 0 Å². The molecule has 0 aliphatic carbocycles. The summed E-state index contributed by atoms with van der Waals surface area (Å²) in [6.07, 6.45) is -1.13. The van der Waals surface area contributed by atoms with Crippen LogP contribution in [-0.4, -0.2) is 24.2 Å². The minimum atomic E-state index is -4.32. The number of alkyl halides is 3. The lowest BCUT2D eigenvalue weighted by atomic mass is 10.2.